The molecule has 0 radical (unpaired) electrons. The van der Waals surface area contributed by atoms with Crippen LogP contribution in [0.5, 0.6) is 0 Å². The second kappa shape index (κ2) is 9.69. The van der Waals surface area contributed by atoms with Crippen LogP contribution in [-0.4, -0.2) is 33.3 Å². The summed E-state index contributed by atoms with van der Waals surface area (Å²) in [5.74, 6) is -0.377. The molecule has 0 aromatic heterocycles. The van der Waals surface area contributed by atoms with E-state index in [1.165, 1.54) is 12.1 Å². The van der Waals surface area contributed by atoms with Gasteiger partial charge in [-0.25, -0.2) is 8.42 Å². The highest BCUT2D eigenvalue weighted by Gasteiger charge is 2.28. The number of carbonyl (C=O) groups is 2. The maximum absolute atomic E-state index is 13.5. The average molecular weight is 478 g/mol. The van der Waals surface area contributed by atoms with Crippen LogP contribution in [0.2, 0.25) is 0 Å². The van der Waals surface area contributed by atoms with E-state index in [9.17, 15) is 18.0 Å². The van der Waals surface area contributed by atoms with Crippen molar-refractivity contribution in [2.24, 2.45) is 0 Å². The molecule has 176 valence electrons. The highest BCUT2D eigenvalue weighted by atomic mass is 32.2. The summed E-state index contributed by atoms with van der Waals surface area (Å²) in [5, 5.41) is 2.78. The molecule has 7 nitrogen and oxygen atoms in total. The van der Waals surface area contributed by atoms with Crippen LogP contribution in [0.15, 0.2) is 77.7 Å². The Morgan fingerprint density at radius 3 is 2.35 bits per heavy atom. The van der Waals surface area contributed by atoms with Crippen LogP contribution in [0.3, 0.4) is 0 Å². The molecule has 2 amide bonds. The van der Waals surface area contributed by atoms with Gasteiger partial charge in [0.2, 0.25) is 11.8 Å². The largest absolute Gasteiger partial charge is 0.325 e. The number of anilines is 3. The van der Waals surface area contributed by atoms with Gasteiger partial charge in [-0.2, -0.15) is 0 Å². The second-order valence-electron chi connectivity index (χ2n) is 8.36. The van der Waals surface area contributed by atoms with Crippen LogP contribution in [0, 0.1) is 13.8 Å². The number of carbonyl (C=O) groups excluding carboxylic acids is 2. The third-order valence-electron chi connectivity index (χ3n) is 5.79. The van der Waals surface area contributed by atoms with Crippen LogP contribution < -0.4 is 14.5 Å². The zero-order valence-corrected chi connectivity index (χ0v) is 20.0. The minimum atomic E-state index is -3.98. The van der Waals surface area contributed by atoms with Crippen molar-refractivity contribution >= 4 is 38.9 Å². The van der Waals surface area contributed by atoms with Crippen LogP contribution >= 0.6 is 0 Å². The molecule has 3 aromatic rings. The van der Waals surface area contributed by atoms with Gasteiger partial charge < -0.3 is 10.2 Å². The van der Waals surface area contributed by atoms with E-state index < -0.39 is 15.9 Å². The van der Waals surface area contributed by atoms with Gasteiger partial charge in [-0.15, -0.1) is 0 Å². The van der Waals surface area contributed by atoms with Gasteiger partial charge in [-0.1, -0.05) is 30.3 Å². The number of hydrogen-bond acceptors (Lipinski definition) is 4. The monoisotopic (exact) mass is 477 g/mol. The molecule has 0 unspecified atom stereocenters. The number of hydrogen-bond donors (Lipinski definition) is 1. The topological polar surface area (TPSA) is 86.8 Å². The van der Waals surface area contributed by atoms with Gasteiger partial charge in [0.15, 0.2) is 0 Å². The zero-order chi connectivity index (χ0) is 24.3. The molecule has 0 bridgehead atoms. The number of nitrogens with one attached hydrogen (secondary N) is 1. The molecule has 0 saturated carbocycles. The molecule has 0 atom stereocenters. The molecular weight excluding hydrogens is 450 g/mol. The van der Waals surface area contributed by atoms with Gasteiger partial charge in [-0.05, 0) is 73.9 Å². The van der Waals surface area contributed by atoms with E-state index in [0.29, 0.717) is 24.3 Å². The zero-order valence-electron chi connectivity index (χ0n) is 19.2. The minimum Gasteiger partial charge on any atom is -0.325 e. The van der Waals surface area contributed by atoms with E-state index in [2.05, 4.69) is 5.32 Å². The lowest BCUT2D eigenvalue weighted by Gasteiger charge is -2.26. The fourth-order valence-electron chi connectivity index (χ4n) is 3.98. The summed E-state index contributed by atoms with van der Waals surface area (Å²) < 4.78 is 28.2. The van der Waals surface area contributed by atoms with Gasteiger partial charge in [0.05, 0.1) is 10.6 Å². The van der Waals surface area contributed by atoms with Crippen LogP contribution in [0.25, 0.3) is 0 Å². The van der Waals surface area contributed by atoms with Gasteiger partial charge in [0.25, 0.3) is 10.0 Å². The summed E-state index contributed by atoms with van der Waals surface area (Å²) in [6.45, 7) is 4.00. The van der Waals surface area contributed by atoms with E-state index in [4.69, 9.17) is 0 Å². The third kappa shape index (κ3) is 4.97. The first kappa shape index (κ1) is 23.5. The van der Waals surface area contributed by atoms with Crippen molar-refractivity contribution in [3.8, 4) is 0 Å². The first-order valence-corrected chi connectivity index (χ1v) is 12.5. The quantitative estimate of drug-likeness (QED) is 0.551. The lowest BCUT2D eigenvalue weighted by atomic mass is 10.1. The van der Waals surface area contributed by atoms with Crippen molar-refractivity contribution in [3.05, 3.63) is 83.9 Å². The van der Waals surface area contributed by atoms with E-state index >= 15 is 0 Å². The first-order chi connectivity index (χ1) is 16.3. The van der Waals surface area contributed by atoms with Gasteiger partial charge in [0, 0.05) is 24.3 Å². The van der Waals surface area contributed by atoms with E-state index in [-0.39, 0.29) is 17.3 Å². The van der Waals surface area contributed by atoms with Crippen LogP contribution in [-0.2, 0) is 19.6 Å². The van der Waals surface area contributed by atoms with Crippen LogP contribution in [0.4, 0.5) is 17.1 Å². The van der Waals surface area contributed by atoms with E-state index in [1.54, 1.807) is 53.4 Å². The Labute approximate surface area is 200 Å². The number of aryl methyl sites for hydroxylation is 2. The average Bonchev–Trinajstić information content (AvgIpc) is 3.26. The Morgan fingerprint density at radius 1 is 1.00 bits per heavy atom. The highest BCUT2D eigenvalue weighted by Crippen LogP contribution is 2.28. The van der Waals surface area contributed by atoms with Gasteiger partial charge in [-0.3, -0.25) is 13.9 Å². The number of benzene rings is 3. The fourth-order valence-corrected chi connectivity index (χ4v) is 5.48. The Morgan fingerprint density at radius 2 is 1.71 bits per heavy atom. The Kier molecular flexibility index (Phi) is 6.70. The maximum atomic E-state index is 13.5. The SMILES string of the molecule is Cc1ccc(C)c(N(CC(=O)Nc2ccc(N3CCCC3=O)cc2)S(=O)(=O)c2ccccc2)c1. The summed E-state index contributed by atoms with van der Waals surface area (Å²) in [5.41, 5.74) is 3.41. The lowest BCUT2D eigenvalue weighted by molar-refractivity contribution is -0.117. The Balaban J connectivity index is 1.58. The Bertz CT molecular complexity index is 1310. The molecule has 1 aliphatic heterocycles. The number of amides is 2. The van der Waals surface area contributed by atoms with E-state index in [0.717, 1.165) is 27.5 Å². The normalized spacial score (nSPS) is 13.7. The predicted molar refractivity (Wildman–Crippen MR) is 134 cm³/mol. The van der Waals surface area contributed by atoms with Crippen LogP contribution in [0.1, 0.15) is 24.0 Å². The molecule has 1 N–H and O–H groups in total. The van der Waals surface area contributed by atoms with Crippen molar-refractivity contribution in [1.82, 2.24) is 0 Å². The molecule has 1 fully saturated rings. The Hall–Kier alpha value is -3.65. The van der Waals surface area contributed by atoms with E-state index in [1.807, 2.05) is 26.0 Å². The maximum Gasteiger partial charge on any atom is 0.264 e. The van der Waals surface area contributed by atoms with Gasteiger partial charge in [0.1, 0.15) is 6.54 Å². The second-order valence-corrected chi connectivity index (χ2v) is 10.2. The smallest absolute Gasteiger partial charge is 0.264 e. The number of nitrogens with zero attached hydrogens (tertiary/aromatic N) is 2. The van der Waals surface area contributed by atoms with Crippen molar-refractivity contribution in [1.29, 1.82) is 0 Å². The number of sulfonamides is 1. The fraction of sp³-hybridized carbons (Fsp3) is 0.231. The summed E-state index contributed by atoms with van der Waals surface area (Å²) in [6.07, 6.45) is 1.38. The highest BCUT2D eigenvalue weighted by molar-refractivity contribution is 7.92. The summed E-state index contributed by atoms with van der Waals surface area (Å²) in [7, 11) is -3.98. The third-order valence-corrected chi connectivity index (χ3v) is 7.56. The summed E-state index contributed by atoms with van der Waals surface area (Å²) in [6, 6.07) is 20.6. The molecule has 1 saturated heterocycles. The molecule has 0 aliphatic carbocycles. The first-order valence-electron chi connectivity index (χ1n) is 11.1. The molecule has 0 spiro atoms. The summed E-state index contributed by atoms with van der Waals surface area (Å²) >= 11 is 0. The summed E-state index contributed by atoms with van der Waals surface area (Å²) in [4.78, 5) is 26.8. The minimum absolute atomic E-state index is 0.0899. The van der Waals surface area contributed by atoms with Crippen molar-refractivity contribution in [2.75, 3.05) is 27.6 Å². The molecule has 3 aromatic carbocycles. The predicted octanol–water partition coefficient (Wildman–Crippen LogP) is 4.26. The molecular formula is C26H27N3O4S. The molecule has 1 aliphatic rings. The molecule has 34 heavy (non-hydrogen) atoms. The molecule has 4 rings (SSSR count). The van der Waals surface area contributed by atoms with Crippen molar-refractivity contribution < 1.29 is 18.0 Å². The number of rotatable bonds is 7. The van der Waals surface area contributed by atoms with Crippen molar-refractivity contribution in [3.63, 3.8) is 0 Å². The molecule has 8 heteroatoms. The van der Waals surface area contributed by atoms with Crippen molar-refractivity contribution in [2.45, 2.75) is 31.6 Å². The standard InChI is InChI=1S/C26H27N3O4S/c1-19-10-11-20(2)24(17-19)29(34(32,33)23-7-4-3-5-8-23)18-25(30)27-21-12-14-22(15-13-21)28-16-6-9-26(28)31/h3-5,7-8,10-15,17H,6,9,16,18H2,1-2H3,(H,27,30). The van der Waals surface area contributed by atoms with Gasteiger partial charge >= 0.3 is 0 Å². The lowest BCUT2D eigenvalue weighted by Crippen LogP contribution is -2.38. The molecule has 1 heterocycles.